The summed E-state index contributed by atoms with van der Waals surface area (Å²) in [6.45, 7) is 2.36. The maximum absolute atomic E-state index is 11.8. The largest absolute Gasteiger partial charge is 0.368 e. The molecule has 1 heterocycles. The van der Waals surface area contributed by atoms with Crippen LogP contribution in [0.4, 0.5) is 5.69 Å². The maximum atomic E-state index is 11.8. The number of nitrogens with one attached hydrogen (secondary N) is 1. The van der Waals surface area contributed by atoms with Gasteiger partial charge in [0.25, 0.3) is 0 Å². The van der Waals surface area contributed by atoms with Crippen molar-refractivity contribution >= 4 is 48.0 Å². The summed E-state index contributed by atoms with van der Waals surface area (Å²) >= 11 is 6.24. The summed E-state index contributed by atoms with van der Waals surface area (Å²) in [6, 6.07) is 8.05. The second kappa shape index (κ2) is 10.9. The minimum absolute atomic E-state index is 0. The van der Waals surface area contributed by atoms with Crippen molar-refractivity contribution in [3.05, 3.63) is 29.3 Å². The second-order valence-corrected chi connectivity index (χ2v) is 5.60. The van der Waals surface area contributed by atoms with Gasteiger partial charge in [-0.05, 0) is 37.9 Å². The molecule has 0 radical (unpaired) electrons. The van der Waals surface area contributed by atoms with E-state index >= 15 is 0 Å². The van der Waals surface area contributed by atoms with E-state index < -0.39 is 0 Å². The number of anilines is 1. The number of halogens is 3. The fourth-order valence-electron chi connectivity index (χ4n) is 2.58. The van der Waals surface area contributed by atoms with Gasteiger partial charge in [-0.1, -0.05) is 23.7 Å². The van der Waals surface area contributed by atoms with Gasteiger partial charge in [-0.2, -0.15) is 0 Å². The van der Waals surface area contributed by atoms with Crippen LogP contribution in [0.2, 0.25) is 5.02 Å². The van der Waals surface area contributed by atoms with E-state index in [1.807, 2.05) is 24.3 Å². The summed E-state index contributed by atoms with van der Waals surface area (Å²) in [6.07, 6.45) is 3.34. The Morgan fingerprint density at radius 1 is 1.36 bits per heavy atom. The molecule has 1 amide bonds. The highest BCUT2D eigenvalue weighted by atomic mass is 35.5. The smallest absolute Gasteiger partial charge is 0.220 e. The van der Waals surface area contributed by atoms with Gasteiger partial charge in [0, 0.05) is 25.6 Å². The third-order valence-electron chi connectivity index (χ3n) is 3.59. The number of nitrogens with two attached hydrogens (primary N) is 1. The number of nitrogens with zero attached hydrogens (tertiary/aromatic N) is 1. The van der Waals surface area contributed by atoms with Crippen molar-refractivity contribution in [3.63, 3.8) is 0 Å². The van der Waals surface area contributed by atoms with Crippen LogP contribution >= 0.6 is 36.4 Å². The van der Waals surface area contributed by atoms with Gasteiger partial charge in [-0.25, -0.2) is 0 Å². The molecule has 1 fully saturated rings. The van der Waals surface area contributed by atoms with E-state index in [1.54, 1.807) is 0 Å². The first-order chi connectivity index (χ1) is 9.70. The average molecular weight is 369 g/mol. The van der Waals surface area contributed by atoms with Crippen LogP contribution in [0.1, 0.15) is 25.7 Å². The normalized spacial score (nSPS) is 17.2. The lowest BCUT2D eigenvalue weighted by Gasteiger charge is -2.35. The van der Waals surface area contributed by atoms with E-state index in [2.05, 4.69) is 10.2 Å². The zero-order chi connectivity index (χ0) is 14.4. The van der Waals surface area contributed by atoms with Crippen molar-refractivity contribution in [2.45, 2.75) is 31.7 Å². The Labute approximate surface area is 149 Å². The van der Waals surface area contributed by atoms with Crippen molar-refractivity contribution in [1.82, 2.24) is 5.32 Å². The summed E-state index contributed by atoms with van der Waals surface area (Å²) < 4.78 is 0. The molecule has 7 heteroatoms. The fraction of sp³-hybridized carbons (Fsp3) is 0.533. The van der Waals surface area contributed by atoms with Crippen molar-refractivity contribution in [1.29, 1.82) is 0 Å². The quantitative estimate of drug-likeness (QED) is 0.840. The molecule has 1 aliphatic rings. The summed E-state index contributed by atoms with van der Waals surface area (Å²) in [7, 11) is 0. The molecule has 1 aliphatic heterocycles. The molecule has 1 unspecified atom stereocenters. The number of rotatable bonds is 5. The lowest BCUT2D eigenvalue weighted by atomic mass is 10.0. The highest BCUT2D eigenvalue weighted by Crippen LogP contribution is 2.27. The van der Waals surface area contributed by atoms with Crippen LogP contribution < -0.4 is 16.0 Å². The van der Waals surface area contributed by atoms with E-state index in [0.29, 0.717) is 13.0 Å². The predicted molar refractivity (Wildman–Crippen MR) is 97.6 cm³/mol. The summed E-state index contributed by atoms with van der Waals surface area (Å²) in [5.41, 5.74) is 6.47. The van der Waals surface area contributed by atoms with Crippen LogP contribution in [0, 0.1) is 0 Å². The van der Waals surface area contributed by atoms with E-state index in [1.165, 1.54) is 0 Å². The molecule has 22 heavy (non-hydrogen) atoms. The summed E-state index contributed by atoms with van der Waals surface area (Å²) in [4.78, 5) is 14.0. The number of hydrogen-bond donors (Lipinski definition) is 2. The minimum atomic E-state index is 0. The summed E-state index contributed by atoms with van der Waals surface area (Å²) in [5, 5.41) is 3.86. The van der Waals surface area contributed by atoms with Crippen LogP contribution in [0.5, 0.6) is 0 Å². The molecule has 1 aromatic rings. The molecule has 0 bridgehead atoms. The van der Waals surface area contributed by atoms with Crippen LogP contribution in [0.15, 0.2) is 24.3 Å². The van der Waals surface area contributed by atoms with Crippen molar-refractivity contribution < 1.29 is 4.79 Å². The molecule has 3 N–H and O–H groups in total. The Morgan fingerprint density at radius 2 is 2.09 bits per heavy atom. The zero-order valence-corrected chi connectivity index (χ0v) is 14.9. The minimum Gasteiger partial charge on any atom is -0.368 e. The molecule has 126 valence electrons. The number of carbonyl (C=O) groups is 1. The first-order valence-electron chi connectivity index (χ1n) is 7.19. The fourth-order valence-corrected chi connectivity index (χ4v) is 2.84. The number of benzene rings is 1. The summed E-state index contributed by atoms with van der Waals surface area (Å²) in [5.74, 6) is 0.0986. The molecular formula is C15H24Cl3N3O. The Bertz CT molecular complexity index is 459. The predicted octanol–water partition coefficient (Wildman–Crippen LogP) is 3.01. The Kier molecular flexibility index (Phi) is 10.6. The van der Waals surface area contributed by atoms with Crippen LogP contribution in [-0.2, 0) is 4.79 Å². The Morgan fingerprint density at radius 3 is 2.77 bits per heavy atom. The Balaban J connectivity index is 0.00000220. The molecular weight excluding hydrogens is 345 g/mol. The van der Waals surface area contributed by atoms with Gasteiger partial charge in [0.05, 0.1) is 10.7 Å². The molecule has 1 saturated heterocycles. The third kappa shape index (κ3) is 6.21. The lowest BCUT2D eigenvalue weighted by Crippen LogP contribution is -2.47. The van der Waals surface area contributed by atoms with E-state index in [0.717, 1.165) is 43.1 Å². The number of carbonyl (C=O) groups excluding carboxylic acids is 1. The first kappa shape index (κ1) is 21.3. The zero-order valence-electron chi connectivity index (χ0n) is 12.5. The van der Waals surface area contributed by atoms with Crippen LogP contribution in [0.3, 0.4) is 0 Å². The first-order valence-corrected chi connectivity index (χ1v) is 7.57. The number of para-hydroxylation sites is 1. The number of piperidine rings is 1. The second-order valence-electron chi connectivity index (χ2n) is 5.20. The molecule has 0 spiro atoms. The van der Waals surface area contributed by atoms with E-state index in [-0.39, 0.29) is 36.8 Å². The molecule has 0 saturated carbocycles. The van der Waals surface area contributed by atoms with Gasteiger partial charge in [0.15, 0.2) is 0 Å². The van der Waals surface area contributed by atoms with Crippen molar-refractivity contribution in [2.75, 3.05) is 24.5 Å². The van der Waals surface area contributed by atoms with Gasteiger partial charge in [0.2, 0.25) is 5.91 Å². The van der Waals surface area contributed by atoms with Crippen molar-refractivity contribution in [3.8, 4) is 0 Å². The van der Waals surface area contributed by atoms with E-state index in [9.17, 15) is 4.79 Å². The molecule has 1 atom stereocenters. The topological polar surface area (TPSA) is 58.4 Å². The van der Waals surface area contributed by atoms with E-state index in [4.69, 9.17) is 17.3 Å². The highest BCUT2D eigenvalue weighted by molar-refractivity contribution is 6.33. The number of hydrogen-bond acceptors (Lipinski definition) is 3. The van der Waals surface area contributed by atoms with Crippen LogP contribution in [0.25, 0.3) is 0 Å². The monoisotopic (exact) mass is 367 g/mol. The number of amides is 1. The molecule has 2 rings (SSSR count). The van der Waals surface area contributed by atoms with Gasteiger partial charge < -0.3 is 16.0 Å². The van der Waals surface area contributed by atoms with Crippen LogP contribution in [-0.4, -0.2) is 31.6 Å². The Hall–Kier alpha value is -0.680. The molecule has 4 nitrogen and oxygen atoms in total. The third-order valence-corrected chi connectivity index (χ3v) is 3.91. The lowest BCUT2D eigenvalue weighted by molar-refractivity contribution is -0.121. The molecule has 1 aromatic carbocycles. The maximum Gasteiger partial charge on any atom is 0.220 e. The van der Waals surface area contributed by atoms with Gasteiger partial charge in [-0.3, -0.25) is 4.79 Å². The average Bonchev–Trinajstić information content (AvgIpc) is 2.46. The molecule has 0 aromatic heterocycles. The highest BCUT2D eigenvalue weighted by Gasteiger charge is 2.22. The molecule has 0 aliphatic carbocycles. The standard InChI is InChI=1S/C15H22ClN3O.2ClH/c16-13-6-1-2-7-14(13)19-10-4-5-12(11-19)18-15(20)8-3-9-17;;/h1-2,6-7,12H,3-5,8-11,17H2,(H,18,20);2*1H. The van der Waals surface area contributed by atoms with Gasteiger partial charge in [-0.15, -0.1) is 24.8 Å². The van der Waals surface area contributed by atoms with Gasteiger partial charge in [0.1, 0.15) is 0 Å². The van der Waals surface area contributed by atoms with Gasteiger partial charge >= 0.3 is 0 Å². The SMILES string of the molecule is Cl.Cl.NCCCC(=O)NC1CCCN(c2ccccc2Cl)C1. The van der Waals surface area contributed by atoms with Crippen molar-refractivity contribution in [2.24, 2.45) is 5.73 Å².